The topological polar surface area (TPSA) is 114 Å². The van der Waals surface area contributed by atoms with Crippen molar-refractivity contribution in [1.29, 1.82) is 0 Å². The minimum absolute atomic E-state index is 0.156. The minimum atomic E-state index is -1.31. The van der Waals surface area contributed by atoms with Crippen LogP contribution in [0.1, 0.15) is 69.4 Å². The number of rotatable bonds is 3. The fraction of sp³-hybridized carbons (Fsp3) is 0.407. The zero-order chi connectivity index (χ0) is 25.7. The number of aromatic nitrogens is 2. The van der Waals surface area contributed by atoms with Crippen LogP contribution in [-0.4, -0.2) is 28.0 Å². The second kappa shape index (κ2) is 11.3. The predicted octanol–water partition coefficient (Wildman–Crippen LogP) is 4.03. The van der Waals surface area contributed by atoms with Crippen LogP contribution in [0.3, 0.4) is 0 Å². The number of aryl methyl sites for hydroxylation is 1. The molecule has 8 heteroatoms. The van der Waals surface area contributed by atoms with E-state index in [1.54, 1.807) is 10.6 Å². The van der Waals surface area contributed by atoms with Crippen LogP contribution in [0.4, 0.5) is 0 Å². The second-order valence-corrected chi connectivity index (χ2v) is 8.03. The van der Waals surface area contributed by atoms with Gasteiger partial charge in [-0.05, 0) is 24.1 Å². The number of benzene rings is 1. The standard InChI is InChI=1S/C22H19N3O5.C3H8.C2H6/c1-2-11-12-5-3-4-6-16(12)24-19-14(11)9-25-17(19)7-13-15(21(25)27)10-29-22(28)20(13)30-18(26)8-23;1-3-2;1-2/h3-7,20H,2,8-10,23H2,1H3;3H2,1-2H3;1-2H3. The summed E-state index contributed by atoms with van der Waals surface area (Å²) in [5.74, 6) is -1.46. The van der Waals surface area contributed by atoms with Gasteiger partial charge in [-0.15, -0.1) is 0 Å². The lowest BCUT2D eigenvalue weighted by Crippen LogP contribution is -2.35. The molecule has 186 valence electrons. The van der Waals surface area contributed by atoms with E-state index in [0.717, 1.165) is 28.5 Å². The Labute approximate surface area is 205 Å². The molecule has 2 aromatic heterocycles. The maximum absolute atomic E-state index is 13.3. The Bertz CT molecular complexity index is 1310. The number of fused-ring (bicyclic) bond motifs is 5. The first-order valence-corrected chi connectivity index (χ1v) is 12.2. The maximum atomic E-state index is 13.3. The van der Waals surface area contributed by atoms with E-state index in [9.17, 15) is 14.4 Å². The number of esters is 2. The molecule has 3 aromatic rings. The van der Waals surface area contributed by atoms with E-state index in [2.05, 4.69) is 20.8 Å². The molecular formula is C27H33N3O5. The number of ether oxygens (including phenoxy) is 2. The molecule has 8 nitrogen and oxygen atoms in total. The molecule has 1 aromatic carbocycles. The van der Waals surface area contributed by atoms with Crippen molar-refractivity contribution in [2.45, 2.75) is 66.7 Å². The largest absolute Gasteiger partial charge is 0.458 e. The molecule has 2 aliphatic rings. The van der Waals surface area contributed by atoms with E-state index in [4.69, 9.17) is 20.2 Å². The van der Waals surface area contributed by atoms with Gasteiger partial charge in [0, 0.05) is 16.5 Å². The van der Waals surface area contributed by atoms with Crippen LogP contribution >= 0.6 is 0 Å². The van der Waals surface area contributed by atoms with Crippen LogP contribution in [0.25, 0.3) is 22.3 Å². The first-order chi connectivity index (χ1) is 16.9. The van der Waals surface area contributed by atoms with Gasteiger partial charge in [0.15, 0.2) is 0 Å². The lowest BCUT2D eigenvalue weighted by molar-refractivity contribution is -0.170. The highest BCUT2D eigenvalue weighted by molar-refractivity contribution is 5.88. The van der Waals surface area contributed by atoms with Gasteiger partial charge in [-0.1, -0.05) is 59.2 Å². The molecule has 2 aliphatic heterocycles. The monoisotopic (exact) mass is 479 g/mol. The van der Waals surface area contributed by atoms with Crippen LogP contribution in [0.5, 0.6) is 0 Å². The average molecular weight is 480 g/mol. The third-order valence-electron chi connectivity index (χ3n) is 5.73. The van der Waals surface area contributed by atoms with Crippen LogP contribution in [0, 0.1) is 0 Å². The predicted molar refractivity (Wildman–Crippen MR) is 135 cm³/mol. The summed E-state index contributed by atoms with van der Waals surface area (Å²) in [6.45, 7) is 10.2. The third-order valence-corrected chi connectivity index (χ3v) is 5.73. The van der Waals surface area contributed by atoms with Gasteiger partial charge in [0.25, 0.3) is 5.56 Å². The van der Waals surface area contributed by atoms with E-state index in [0.29, 0.717) is 29.1 Å². The molecule has 1 unspecified atom stereocenters. The van der Waals surface area contributed by atoms with Gasteiger partial charge in [-0.2, -0.15) is 0 Å². The Balaban J connectivity index is 0.000000638. The molecule has 0 radical (unpaired) electrons. The van der Waals surface area contributed by atoms with Crippen LogP contribution in [0.2, 0.25) is 0 Å². The number of nitrogens with zero attached hydrogens (tertiary/aromatic N) is 2. The van der Waals surface area contributed by atoms with Gasteiger partial charge in [0.05, 0.1) is 35.6 Å². The second-order valence-electron chi connectivity index (χ2n) is 8.03. The molecule has 0 saturated heterocycles. The van der Waals surface area contributed by atoms with E-state index in [1.807, 2.05) is 38.1 Å². The number of para-hydroxylation sites is 1. The number of carbonyl (C=O) groups excluding carboxylic acids is 2. The smallest absolute Gasteiger partial charge is 0.352 e. The highest BCUT2D eigenvalue weighted by Gasteiger charge is 2.37. The molecule has 0 aliphatic carbocycles. The molecule has 1 atom stereocenters. The number of hydrogen-bond acceptors (Lipinski definition) is 7. The average Bonchev–Trinajstić information content (AvgIpc) is 3.24. The van der Waals surface area contributed by atoms with E-state index in [1.165, 1.54) is 6.42 Å². The summed E-state index contributed by atoms with van der Waals surface area (Å²) in [5, 5.41) is 1.07. The zero-order valence-corrected chi connectivity index (χ0v) is 21.0. The molecule has 2 N–H and O–H groups in total. The summed E-state index contributed by atoms with van der Waals surface area (Å²) in [5.41, 5.74) is 10.0. The SMILES string of the molecule is CC.CCC.CCc1c2c(nc3ccccc13)-c1cc3c(c(=O)n1C2)COC(=O)C3OC(=O)CN. The Morgan fingerprint density at radius 2 is 1.86 bits per heavy atom. The molecule has 0 spiro atoms. The molecule has 5 rings (SSSR count). The van der Waals surface area contributed by atoms with E-state index < -0.39 is 18.0 Å². The van der Waals surface area contributed by atoms with Crippen molar-refractivity contribution in [3.8, 4) is 11.4 Å². The van der Waals surface area contributed by atoms with Crippen molar-refractivity contribution < 1.29 is 19.1 Å². The lowest BCUT2D eigenvalue weighted by Gasteiger charge is -2.24. The molecule has 35 heavy (non-hydrogen) atoms. The summed E-state index contributed by atoms with van der Waals surface area (Å²) in [6, 6.07) is 9.60. The van der Waals surface area contributed by atoms with Gasteiger partial charge < -0.3 is 19.8 Å². The molecule has 0 saturated carbocycles. The van der Waals surface area contributed by atoms with Gasteiger partial charge in [-0.3, -0.25) is 9.59 Å². The van der Waals surface area contributed by atoms with Gasteiger partial charge >= 0.3 is 11.9 Å². The maximum Gasteiger partial charge on any atom is 0.352 e. The summed E-state index contributed by atoms with van der Waals surface area (Å²) in [4.78, 5) is 42.1. The molecule has 0 amide bonds. The summed E-state index contributed by atoms with van der Waals surface area (Å²) in [6.07, 6.45) is 0.741. The van der Waals surface area contributed by atoms with Crippen molar-refractivity contribution in [3.05, 3.63) is 62.9 Å². The van der Waals surface area contributed by atoms with Crippen molar-refractivity contribution in [2.24, 2.45) is 5.73 Å². The highest BCUT2D eigenvalue weighted by atomic mass is 16.6. The Morgan fingerprint density at radius 3 is 2.51 bits per heavy atom. The molecular weight excluding hydrogens is 446 g/mol. The molecule has 0 bridgehead atoms. The number of carbonyl (C=O) groups is 2. The fourth-order valence-electron chi connectivity index (χ4n) is 4.34. The van der Waals surface area contributed by atoms with Crippen molar-refractivity contribution in [1.82, 2.24) is 9.55 Å². The van der Waals surface area contributed by atoms with Crippen LogP contribution in [0.15, 0.2) is 35.1 Å². The normalized spacial score (nSPS) is 14.9. The molecule has 4 heterocycles. The third kappa shape index (κ3) is 4.71. The van der Waals surface area contributed by atoms with Crippen LogP contribution in [-0.2, 0) is 38.6 Å². The first-order valence-electron chi connectivity index (χ1n) is 12.2. The lowest BCUT2D eigenvalue weighted by atomic mass is 9.97. The van der Waals surface area contributed by atoms with E-state index in [-0.39, 0.29) is 18.7 Å². The summed E-state index contributed by atoms with van der Waals surface area (Å²) in [7, 11) is 0. The summed E-state index contributed by atoms with van der Waals surface area (Å²) >= 11 is 0. The van der Waals surface area contributed by atoms with Crippen LogP contribution < -0.4 is 11.3 Å². The zero-order valence-electron chi connectivity index (χ0n) is 21.0. The molecule has 0 fully saturated rings. The van der Waals surface area contributed by atoms with Crippen molar-refractivity contribution in [3.63, 3.8) is 0 Å². The first kappa shape index (κ1) is 26.1. The van der Waals surface area contributed by atoms with Gasteiger partial charge in [0.1, 0.15) is 6.61 Å². The van der Waals surface area contributed by atoms with Crippen molar-refractivity contribution in [2.75, 3.05) is 6.54 Å². The fourth-order valence-corrected chi connectivity index (χ4v) is 4.34. The Hall–Kier alpha value is -3.52. The number of nitrogens with two attached hydrogens (primary N) is 1. The number of pyridine rings is 2. The number of cyclic esters (lactones) is 1. The van der Waals surface area contributed by atoms with E-state index >= 15 is 0 Å². The quantitative estimate of drug-likeness (QED) is 0.441. The highest BCUT2D eigenvalue weighted by Crippen LogP contribution is 2.38. The summed E-state index contributed by atoms with van der Waals surface area (Å²) < 4.78 is 11.9. The number of hydrogen-bond donors (Lipinski definition) is 1. The minimum Gasteiger partial charge on any atom is -0.458 e. The van der Waals surface area contributed by atoms with Gasteiger partial charge in [-0.25, -0.2) is 9.78 Å². The van der Waals surface area contributed by atoms with Crippen molar-refractivity contribution >= 4 is 22.8 Å². The Kier molecular flexibility index (Phi) is 8.40. The Morgan fingerprint density at radius 1 is 1.17 bits per heavy atom. The van der Waals surface area contributed by atoms with Gasteiger partial charge in [0.2, 0.25) is 6.10 Å².